The van der Waals surface area contributed by atoms with Crippen molar-refractivity contribution in [3.63, 3.8) is 0 Å². The Hall–Kier alpha value is -2.08. The first-order valence-electron chi connectivity index (χ1n) is 8.14. The van der Waals surface area contributed by atoms with E-state index in [1.54, 1.807) is 17.5 Å². The van der Waals surface area contributed by atoms with E-state index >= 15 is 0 Å². The average molecular weight is 328 g/mol. The lowest BCUT2D eigenvalue weighted by atomic mass is 9.99. The van der Waals surface area contributed by atoms with E-state index in [1.807, 2.05) is 30.0 Å². The Balaban J connectivity index is 1.49. The first kappa shape index (κ1) is 14.5. The van der Waals surface area contributed by atoms with E-state index in [2.05, 4.69) is 19.4 Å². The van der Waals surface area contributed by atoms with Crippen molar-refractivity contribution in [1.29, 1.82) is 0 Å². The molecule has 1 fully saturated rings. The Morgan fingerprint density at radius 1 is 1.43 bits per heavy atom. The molecule has 3 aromatic heterocycles. The van der Waals surface area contributed by atoms with Gasteiger partial charge in [-0.2, -0.15) is 0 Å². The number of rotatable bonds is 4. The number of carbonyl (C=O) groups excluding carboxylic acids is 1. The fraction of sp³-hybridized carbons (Fsp3) is 0.412. The van der Waals surface area contributed by atoms with Crippen LogP contribution in [0.1, 0.15) is 36.2 Å². The second-order valence-corrected chi connectivity index (χ2v) is 7.07. The molecule has 0 aromatic carbocycles. The van der Waals surface area contributed by atoms with Crippen LogP contribution in [0.3, 0.4) is 0 Å². The lowest BCUT2D eigenvalue weighted by Crippen LogP contribution is -2.44. The molecule has 0 aliphatic carbocycles. The molecular formula is C17H20N4OS. The Morgan fingerprint density at radius 3 is 3.22 bits per heavy atom. The van der Waals surface area contributed by atoms with Gasteiger partial charge in [-0.05, 0) is 43.2 Å². The SMILES string of the molecule is O=C(c1cc2sccc2[nH]1)N1CCCCC1CCn1ccnc1. The molecule has 1 aliphatic rings. The van der Waals surface area contributed by atoms with Crippen molar-refractivity contribution in [1.82, 2.24) is 19.4 Å². The van der Waals surface area contributed by atoms with Crippen molar-refractivity contribution in [3.05, 3.63) is 41.9 Å². The van der Waals surface area contributed by atoms with Crippen molar-refractivity contribution in [2.45, 2.75) is 38.3 Å². The highest BCUT2D eigenvalue weighted by molar-refractivity contribution is 7.17. The van der Waals surface area contributed by atoms with E-state index in [-0.39, 0.29) is 5.91 Å². The number of nitrogens with zero attached hydrogens (tertiary/aromatic N) is 3. The molecule has 1 unspecified atom stereocenters. The zero-order chi connectivity index (χ0) is 15.6. The van der Waals surface area contributed by atoms with Gasteiger partial charge in [0, 0.05) is 31.5 Å². The molecule has 5 nitrogen and oxygen atoms in total. The van der Waals surface area contributed by atoms with E-state index < -0.39 is 0 Å². The summed E-state index contributed by atoms with van der Waals surface area (Å²) in [6.07, 6.45) is 10.0. The first-order valence-corrected chi connectivity index (χ1v) is 9.02. The molecule has 1 aliphatic heterocycles. The lowest BCUT2D eigenvalue weighted by molar-refractivity contribution is 0.0590. The van der Waals surface area contributed by atoms with Crippen LogP contribution < -0.4 is 0 Å². The van der Waals surface area contributed by atoms with E-state index in [1.165, 1.54) is 6.42 Å². The van der Waals surface area contributed by atoms with Gasteiger partial charge in [0.25, 0.3) is 5.91 Å². The fourth-order valence-corrected chi connectivity index (χ4v) is 4.19. The fourth-order valence-electron chi connectivity index (χ4n) is 3.40. The van der Waals surface area contributed by atoms with Gasteiger partial charge < -0.3 is 14.5 Å². The number of nitrogens with one attached hydrogen (secondary N) is 1. The molecule has 0 bridgehead atoms. The molecular weight excluding hydrogens is 308 g/mol. The molecule has 0 spiro atoms. The molecule has 1 saturated heterocycles. The number of likely N-dealkylation sites (tertiary alicyclic amines) is 1. The molecule has 0 saturated carbocycles. The molecule has 4 rings (SSSR count). The van der Waals surface area contributed by atoms with Gasteiger partial charge in [-0.1, -0.05) is 0 Å². The number of amides is 1. The lowest BCUT2D eigenvalue weighted by Gasteiger charge is -2.35. The molecule has 3 aromatic rings. The Bertz CT molecular complexity index is 760. The van der Waals surface area contributed by atoms with Crippen LogP contribution in [0.2, 0.25) is 0 Å². The summed E-state index contributed by atoms with van der Waals surface area (Å²) in [4.78, 5) is 22.3. The molecule has 6 heteroatoms. The quantitative estimate of drug-likeness (QED) is 0.797. The predicted octanol–water partition coefficient (Wildman–Crippen LogP) is 3.51. The van der Waals surface area contributed by atoms with Crippen LogP contribution in [0.25, 0.3) is 10.2 Å². The first-order chi connectivity index (χ1) is 11.3. The van der Waals surface area contributed by atoms with Crippen LogP contribution in [-0.2, 0) is 6.54 Å². The summed E-state index contributed by atoms with van der Waals surface area (Å²) < 4.78 is 3.24. The number of H-pyrrole nitrogens is 1. The largest absolute Gasteiger partial charge is 0.350 e. The van der Waals surface area contributed by atoms with Crippen molar-refractivity contribution in [2.75, 3.05) is 6.54 Å². The minimum absolute atomic E-state index is 0.142. The van der Waals surface area contributed by atoms with E-state index in [0.717, 1.165) is 48.3 Å². The van der Waals surface area contributed by atoms with E-state index in [9.17, 15) is 4.79 Å². The van der Waals surface area contributed by atoms with Crippen molar-refractivity contribution >= 4 is 27.5 Å². The van der Waals surface area contributed by atoms with E-state index in [4.69, 9.17) is 0 Å². The molecule has 4 heterocycles. The van der Waals surface area contributed by atoms with Gasteiger partial charge in [-0.25, -0.2) is 4.98 Å². The second kappa shape index (κ2) is 6.20. The van der Waals surface area contributed by atoms with Crippen molar-refractivity contribution < 1.29 is 4.79 Å². The highest BCUT2D eigenvalue weighted by atomic mass is 32.1. The zero-order valence-electron chi connectivity index (χ0n) is 12.9. The summed E-state index contributed by atoms with van der Waals surface area (Å²) >= 11 is 1.67. The molecule has 1 atom stereocenters. The van der Waals surface area contributed by atoms with Gasteiger partial charge in [-0.3, -0.25) is 4.79 Å². The summed E-state index contributed by atoms with van der Waals surface area (Å²) in [6, 6.07) is 4.34. The maximum Gasteiger partial charge on any atom is 0.270 e. The monoisotopic (exact) mass is 328 g/mol. The number of carbonyl (C=O) groups is 1. The van der Waals surface area contributed by atoms with Crippen LogP contribution in [0, 0.1) is 0 Å². The number of piperidine rings is 1. The minimum atomic E-state index is 0.142. The Morgan fingerprint density at radius 2 is 2.39 bits per heavy atom. The number of imidazole rings is 1. The number of hydrogen-bond donors (Lipinski definition) is 1. The smallest absolute Gasteiger partial charge is 0.270 e. The molecule has 120 valence electrons. The maximum absolute atomic E-state index is 12.9. The van der Waals surface area contributed by atoms with Crippen LogP contribution in [0.15, 0.2) is 36.2 Å². The van der Waals surface area contributed by atoms with Crippen molar-refractivity contribution in [2.24, 2.45) is 0 Å². The van der Waals surface area contributed by atoms with Crippen molar-refractivity contribution in [3.8, 4) is 0 Å². The van der Waals surface area contributed by atoms with Gasteiger partial charge in [0.15, 0.2) is 0 Å². The number of hydrogen-bond acceptors (Lipinski definition) is 3. The summed E-state index contributed by atoms with van der Waals surface area (Å²) in [5.41, 5.74) is 1.78. The summed E-state index contributed by atoms with van der Waals surface area (Å²) in [6.45, 7) is 1.77. The molecule has 1 N–H and O–H groups in total. The minimum Gasteiger partial charge on any atom is -0.350 e. The van der Waals surface area contributed by atoms with Crippen LogP contribution in [-0.4, -0.2) is 37.9 Å². The topological polar surface area (TPSA) is 53.9 Å². The van der Waals surface area contributed by atoms with Gasteiger partial charge in [0.05, 0.1) is 16.5 Å². The van der Waals surface area contributed by atoms with E-state index in [0.29, 0.717) is 6.04 Å². The third-order valence-electron chi connectivity index (χ3n) is 4.64. The summed E-state index contributed by atoms with van der Waals surface area (Å²) in [7, 11) is 0. The number of thiophene rings is 1. The number of aryl methyl sites for hydroxylation is 1. The normalized spacial score (nSPS) is 18.6. The van der Waals surface area contributed by atoms with Gasteiger partial charge in [-0.15, -0.1) is 11.3 Å². The van der Waals surface area contributed by atoms with Crippen LogP contribution in [0.5, 0.6) is 0 Å². The van der Waals surface area contributed by atoms with Crippen LogP contribution in [0.4, 0.5) is 0 Å². The molecule has 0 radical (unpaired) electrons. The van der Waals surface area contributed by atoms with Gasteiger partial charge in [0.1, 0.15) is 5.69 Å². The highest BCUT2D eigenvalue weighted by Crippen LogP contribution is 2.26. The predicted molar refractivity (Wildman–Crippen MR) is 91.7 cm³/mol. The van der Waals surface area contributed by atoms with Gasteiger partial charge >= 0.3 is 0 Å². The van der Waals surface area contributed by atoms with Gasteiger partial charge in [0.2, 0.25) is 0 Å². The molecule has 1 amide bonds. The van der Waals surface area contributed by atoms with Crippen LogP contribution >= 0.6 is 11.3 Å². The highest BCUT2D eigenvalue weighted by Gasteiger charge is 2.28. The Kier molecular flexibility index (Phi) is 3.91. The second-order valence-electron chi connectivity index (χ2n) is 6.12. The number of fused-ring (bicyclic) bond motifs is 1. The average Bonchev–Trinajstić information content (AvgIpc) is 3.29. The number of aromatic nitrogens is 3. The summed E-state index contributed by atoms with van der Waals surface area (Å²) in [5.74, 6) is 0.142. The zero-order valence-corrected chi connectivity index (χ0v) is 13.8. The Labute approximate surface area is 138 Å². The summed E-state index contributed by atoms with van der Waals surface area (Å²) in [5, 5.41) is 2.05. The maximum atomic E-state index is 12.9. The standard InChI is InChI=1S/C17H20N4OS/c22-17(15-11-16-14(19-15)5-10-23-16)21-7-2-1-3-13(21)4-8-20-9-6-18-12-20/h5-6,9-13,19H,1-4,7-8H2. The number of aromatic amines is 1. The third-order valence-corrected chi connectivity index (χ3v) is 5.50. The molecule has 23 heavy (non-hydrogen) atoms. The third kappa shape index (κ3) is 2.91.